The van der Waals surface area contributed by atoms with Crippen LogP contribution in [0.5, 0.6) is 0 Å². The van der Waals surface area contributed by atoms with Crippen LogP contribution in [-0.4, -0.2) is 28.6 Å². The zero-order valence-corrected chi connectivity index (χ0v) is 14.7. The maximum Gasteiger partial charge on any atom is 0.306 e. The fourth-order valence-corrected chi connectivity index (χ4v) is 2.07. The molecule has 22 heavy (non-hydrogen) atoms. The molecule has 0 atom stereocenters. The van der Waals surface area contributed by atoms with Crippen LogP contribution in [0.15, 0.2) is 18.2 Å². The summed E-state index contributed by atoms with van der Waals surface area (Å²) in [6.45, 7) is 5.66. The minimum atomic E-state index is -1.42. The number of ether oxygens (including phenoxy) is 1. The molecule has 4 nitrogen and oxygen atoms in total. The van der Waals surface area contributed by atoms with Crippen LogP contribution in [-0.2, 0) is 16.0 Å². The fraction of sp³-hybridized carbons (Fsp3) is 0.562. The lowest BCUT2D eigenvalue weighted by Crippen LogP contribution is -2.24. The minimum Gasteiger partial charge on any atom is -0.466 e. The summed E-state index contributed by atoms with van der Waals surface area (Å²) in [5.74, 6) is -1.64. The topological polar surface area (TPSA) is 66.8 Å². The molecule has 0 amide bonds. The molecule has 0 radical (unpaired) electrons. The molecule has 2 N–H and O–H groups in total. The number of carbonyl (C=O) groups is 1. The van der Waals surface area contributed by atoms with Crippen LogP contribution in [0.3, 0.4) is 0 Å². The quantitative estimate of drug-likeness (QED) is 0.601. The van der Waals surface area contributed by atoms with E-state index in [9.17, 15) is 4.79 Å². The van der Waals surface area contributed by atoms with Crippen molar-refractivity contribution in [2.75, 3.05) is 6.61 Å². The van der Waals surface area contributed by atoms with Gasteiger partial charge in [0.25, 0.3) is 0 Å². The van der Waals surface area contributed by atoms with Crippen molar-refractivity contribution < 1.29 is 19.7 Å². The van der Waals surface area contributed by atoms with Crippen molar-refractivity contribution >= 4 is 29.2 Å². The normalized spacial score (nSPS) is 10.7. The largest absolute Gasteiger partial charge is 0.466 e. The Morgan fingerprint density at radius 2 is 1.64 bits per heavy atom. The van der Waals surface area contributed by atoms with Gasteiger partial charge in [-0.05, 0) is 43.9 Å². The van der Waals surface area contributed by atoms with Gasteiger partial charge in [-0.3, -0.25) is 4.79 Å². The smallest absolute Gasteiger partial charge is 0.306 e. The van der Waals surface area contributed by atoms with Crippen LogP contribution in [0.25, 0.3) is 0 Å². The Morgan fingerprint density at radius 3 is 2.00 bits per heavy atom. The first-order chi connectivity index (χ1) is 10.3. The summed E-state index contributed by atoms with van der Waals surface area (Å²) in [5.41, 5.74) is 0.800. The van der Waals surface area contributed by atoms with Gasteiger partial charge < -0.3 is 14.9 Å². The predicted octanol–water partition coefficient (Wildman–Crippen LogP) is 3.98. The predicted molar refractivity (Wildman–Crippen MR) is 89.2 cm³/mol. The van der Waals surface area contributed by atoms with Crippen molar-refractivity contribution in [3.8, 4) is 0 Å². The second-order valence-corrected chi connectivity index (χ2v) is 5.51. The molecule has 0 aliphatic rings. The lowest BCUT2D eigenvalue weighted by atomic mass is 10.1. The number of rotatable bonds is 6. The van der Waals surface area contributed by atoms with E-state index >= 15 is 0 Å². The van der Waals surface area contributed by atoms with E-state index in [-0.39, 0.29) is 5.97 Å². The highest BCUT2D eigenvalue weighted by Gasteiger charge is 2.15. The average molecular weight is 351 g/mol. The van der Waals surface area contributed by atoms with Gasteiger partial charge >= 0.3 is 5.97 Å². The molecule has 0 aliphatic carbocycles. The SMILES string of the molecule is CCC(O)(O)CC.CCOC(=O)CCc1c(Cl)cccc1Cl. The van der Waals surface area contributed by atoms with Gasteiger partial charge in [-0.15, -0.1) is 0 Å². The van der Waals surface area contributed by atoms with Crippen LogP contribution < -0.4 is 0 Å². The molecule has 1 aromatic carbocycles. The van der Waals surface area contributed by atoms with Crippen LogP contribution in [0.1, 0.15) is 45.6 Å². The second-order valence-electron chi connectivity index (χ2n) is 4.69. The van der Waals surface area contributed by atoms with Crippen LogP contribution >= 0.6 is 23.2 Å². The van der Waals surface area contributed by atoms with E-state index in [0.29, 0.717) is 42.3 Å². The Kier molecular flexibility index (Phi) is 10.4. The summed E-state index contributed by atoms with van der Waals surface area (Å²) in [6.07, 6.45) is 1.63. The van der Waals surface area contributed by atoms with Gasteiger partial charge in [0.15, 0.2) is 5.79 Å². The highest BCUT2D eigenvalue weighted by molar-refractivity contribution is 6.36. The third-order valence-corrected chi connectivity index (χ3v) is 3.79. The van der Waals surface area contributed by atoms with E-state index in [1.54, 1.807) is 39.0 Å². The standard InChI is InChI=1S/C11H12Cl2O2.C5H12O2/c1-2-15-11(14)7-6-8-9(12)4-3-5-10(8)13;1-3-5(6,7)4-2/h3-5H,2,6-7H2,1H3;6-7H,3-4H2,1-2H3. The Balaban J connectivity index is 0.000000534. The monoisotopic (exact) mass is 350 g/mol. The van der Waals surface area contributed by atoms with Crippen LogP contribution in [0, 0.1) is 0 Å². The lowest BCUT2D eigenvalue weighted by molar-refractivity contribution is -0.163. The summed E-state index contributed by atoms with van der Waals surface area (Å²) >= 11 is 11.9. The maximum atomic E-state index is 11.1. The molecule has 1 aromatic rings. The lowest BCUT2D eigenvalue weighted by Gasteiger charge is -2.15. The molecule has 0 unspecified atom stereocenters. The van der Waals surface area contributed by atoms with Gasteiger partial charge in [0.1, 0.15) is 0 Å². The summed E-state index contributed by atoms with van der Waals surface area (Å²) < 4.78 is 4.82. The first kappa shape index (κ1) is 21.2. The van der Waals surface area contributed by atoms with Crippen molar-refractivity contribution in [1.29, 1.82) is 0 Å². The molecule has 126 valence electrons. The zero-order valence-electron chi connectivity index (χ0n) is 13.2. The first-order valence-electron chi connectivity index (χ1n) is 7.30. The third-order valence-electron chi connectivity index (χ3n) is 3.08. The molecule has 0 bridgehead atoms. The molecule has 0 fully saturated rings. The molecule has 0 spiro atoms. The Hall–Kier alpha value is -0.810. The molecule has 0 aliphatic heterocycles. The molecule has 1 rings (SSSR count). The number of hydrogen-bond acceptors (Lipinski definition) is 4. The molecule has 0 heterocycles. The zero-order chi connectivity index (χ0) is 17.2. The number of halogens is 2. The number of carbonyl (C=O) groups excluding carboxylic acids is 1. The van der Waals surface area contributed by atoms with Gasteiger partial charge in [-0.1, -0.05) is 43.1 Å². The molecule has 0 aromatic heterocycles. The van der Waals surface area contributed by atoms with Crippen LogP contribution in [0.4, 0.5) is 0 Å². The van der Waals surface area contributed by atoms with Crippen molar-refractivity contribution in [1.82, 2.24) is 0 Å². The molecule has 0 saturated heterocycles. The van der Waals surface area contributed by atoms with E-state index in [4.69, 9.17) is 38.2 Å². The van der Waals surface area contributed by atoms with Crippen molar-refractivity contribution in [2.24, 2.45) is 0 Å². The van der Waals surface area contributed by atoms with Gasteiger partial charge in [0, 0.05) is 16.5 Å². The van der Waals surface area contributed by atoms with Crippen LogP contribution in [0.2, 0.25) is 10.0 Å². The Morgan fingerprint density at radius 1 is 1.14 bits per heavy atom. The van der Waals surface area contributed by atoms with Gasteiger partial charge in [-0.25, -0.2) is 0 Å². The molecule has 0 saturated carbocycles. The van der Waals surface area contributed by atoms with E-state index in [1.807, 2.05) is 0 Å². The first-order valence-corrected chi connectivity index (χ1v) is 8.06. The van der Waals surface area contributed by atoms with Gasteiger partial charge in [0.05, 0.1) is 6.61 Å². The highest BCUT2D eigenvalue weighted by atomic mass is 35.5. The molecular weight excluding hydrogens is 327 g/mol. The number of esters is 1. The fourth-order valence-electron chi connectivity index (χ4n) is 1.48. The van der Waals surface area contributed by atoms with E-state index in [1.165, 1.54) is 0 Å². The second kappa shape index (κ2) is 10.8. The van der Waals surface area contributed by atoms with Crippen molar-refractivity contribution in [3.63, 3.8) is 0 Å². The highest BCUT2D eigenvalue weighted by Crippen LogP contribution is 2.25. The third kappa shape index (κ3) is 8.59. The Labute approximate surface area is 142 Å². The average Bonchev–Trinajstić information content (AvgIpc) is 2.48. The van der Waals surface area contributed by atoms with Gasteiger partial charge in [-0.2, -0.15) is 0 Å². The molecular formula is C16H24Cl2O4. The Bertz CT molecular complexity index is 435. The van der Waals surface area contributed by atoms with Crippen molar-refractivity contribution in [2.45, 2.75) is 52.2 Å². The summed E-state index contributed by atoms with van der Waals surface area (Å²) in [4.78, 5) is 11.1. The minimum absolute atomic E-state index is 0.228. The maximum absolute atomic E-state index is 11.1. The number of aliphatic hydroxyl groups is 2. The molecule has 6 heteroatoms. The van der Waals surface area contributed by atoms with E-state index in [0.717, 1.165) is 5.56 Å². The van der Waals surface area contributed by atoms with E-state index in [2.05, 4.69) is 0 Å². The van der Waals surface area contributed by atoms with Gasteiger partial charge in [0.2, 0.25) is 0 Å². The summed E-state index contributed by atoms with van der Waals surface area (Å²) in [7, 11) is 0. The van der Waals surface area contributed by atoms with E-state index < -0.39 is 5.79 Å². The number of hydrogen-bond donors (Lipinski definition) is 2. The summed E-state index contributed by atoms with van der Waals surface area (Å²) in [5, 5.41) is 18.6. The number of benzene rings is 1. The van der Waals surface area contributed by atoms with Crippen molar-refractivity contribution in [3.05, 3.63) is 33.8 Å². The summed E-state index contributed by atoms with van der Waals surface area (Å²) in [6, 6.07) is 5.29.